The highest BCUT2D eigenvalue weighted by Gasteiger charge is 2.22. The molecule has 0 aliphatic rings. The van der Waals surface area contributed by atoms with Crippen molar-refractivity contribution in [2.45, 2.75) is 39.4 Å². The summed E-state index contributed by atoms with van der Waals surface area (Å²) in [6, 6.07) is 0. The molecular weight excluding hydrogens is 248 g/mol. The Labute approximate surface area is 102 Å². The molecule has 0 spiro atoms. The van der Waals surface area contributed by atoms with Crippen LogP contribution >= 0.6 is 0 Å². The van der Waals surface area contributed by atoms with Crippen molar-refractivity contribution in [3.05, 3.63) is 0 Å². The average molecular weight is 268 g/mol. The van der Waals surface area contributed by atoms with Gasteiger partial charge in [0.25, 0.3) is 10.1 Å². The van der Waals surface area contributed by atoms with E-state index in [1.165, 1.54) is 6.92 Å². The van der Waals surface area contributed by atoms with Crippen LogP contribution in [0.2, 0.25) is 0 Å². The average Bonchev–Trinajstić information content (AvgIpc) is 2.07. The smallest absolute Gasteiger partial charge is 0.335 e. The molecule has 102 valence electrons. The molecule has 0 saturated carbocycles. The minimum atomic E-state index is -3.47. The van der Waals surface area contributed by atoms with Crippen molar-refractivity contribution in [1.29, 1.82) is 0 Å². The molecular formula is C10H20O6S. The Morgan fingerprint density at radius 3 is 2.18 bits per heavy atom. The zero-order chi connectivity index (χ0) is 13.7. The molecule has 0 heterocycles. The number of carbonyl (C=O) groups is 1. The molecule has 0 aromatic heterocycles. The van der Waals surface area contributed by atoms with Gasteiger partial charge in [-0.25, -0.2) is 4.79 Å². The summed E-state index contributed by atoms with van der Waals surface area (Å²) >= 11 is 0. The van der Waals surface area contributed by atoms with Gasteiger partial charge in [0.1, 0.15) is 5.60 Å². The lowest BCUT2D eigenvalue weighted by atomic mass is 10.2. The second-order valence-electron chi connectivity index (χ2n) is 4.57. The monoisotopic (exact) mass is 268 g/mol. The summed E-state index contributed by atoms with van der Waals surface area (Å²) in [5.41, 5.74) is -0.571. The third-order valence-corrected chi connectivity index (χ3v) is 2.08. The van der Waals surface area contributed by atoms with Gasteiger partial charge in [-0.1, -0.05) is 0 Å². The molecule has 0 radical (unpaired) electrons. The maximum absolute atomic E-state index is 11.4. The van der Waals surface area contributed by atoms with Gasteiger partial charge in [0.15, 0.2) is 6.10 Å². The van der Waals surface area contributed by atoms with Crippen molar-refractivity contribution in [1.82, 2.24) is 0 Å². The Morgan fingerprint density at radius 2 is 1.76 bits per heavy atom. The van der Waals surface area contributed by atoms with Crippen LogP contribution in [0.4, 0.5) is 0 Å². The van der Waals surface area contributed by atoms with Crippen molar-refractivity contribution in [3.8, 4) is 0 Å². The molecule has 0 aliphatic heterocycles. The van der Waals surface area contributed by atoms with E-state index in [4.69, 9.17) is 9.47 Å². The SMILES string of the molecule is CC(OCCOS(C)(=O)=O)C(=O)OC(C)(C)C. The van der Waals surface area contributed by atoms with Crippen molar-refractivity contribution < 1.29 is 26.9 Å². The van der Waals surface area contributed by atoms with Crippen LogP contribution in [-0.4, -0.2) is 45.6 Å². The van der Waals surface area contributed by atoms with Gasteiger partial charge >= 0.3 is 5.97 Å². The molecule has 17 heavy (non-hydrogen) atoms. The van der Waals surface area contributed by atoms with Gasteiger partial charge in [-0.15, -0.1) is 0 Å². The summed E-state index contributed by atoms with van der Waals surface area (Å²) < 4.78 is 35.9. The van der Waals surface area contributed by atoms with Crippen molar-refractivity contribution >= 4 is 16.1 Å². The second kappa shape index (κ2) is 6.32. The van der Waals surface area contributed by atoms with Gasteiger partial charge in [-0.05, 0) is 27.7 Å². The Bertz CT molecular complexity index is 340. The number of hydrogen-bond donors (Lipinski definition) is 0. The van der Waals surface area contributed by atoms with E-state index in [0.29, 0.717) is 0 Å². The predicted octanol–water partition coefficient (Wildman–Crippen LogP) is 0.709. The van der Waals surface area contributed by atoms with E-state index < -0.39 is 27.8 Å². The summed E-state index contributed by atoms with van der Waals surface area (Å²) in [5, 5.41) is 0. The molecule has 0 rings (SSSR count). The number of ether oxygens (including phenoxy) is 2. The Kier molecular flexibility index (Phi) is 6.08. The summed E-state index contributed by atoms with van der Waals surface area (Å²) in [6.45, 7) is 6.69. The first-order valence-corrected chi connectivity index (χ1v) is 7.02. The fourth-order valence-corrected chi connectivity index (χ4v) is 1.23. The highest BCUT2D eigenvalue weighted by Crippen LogP contribution is 2.09. The molecule has 0 aromatic carbocycles. The van der Waals surface area contributed by atoms with E-state index >= 15 is 0 Å². The minimum Gasteiger partial charge on any atom is -0.458 e. The maximum Gasteiger partial charge on any atom is 0.335 e. The standard InChI is InChI=1S/C10H20O6S/c1-8(9(11)16-10(2,3)4)14-6-7-15-17(5,12)13/h8H,6-7H2,1-5H3. The predicted molar refractivity (Wildman–Crippen MR) is 62.1 cm³/mol. The van der Waals surface area contributed by atoms with Gasteiger partial charge in [0.2, 0.25) is 0 Å². The summed E-state index contributed by atoms with van der Waals surface area (Å²) in [7, 11) is -3.47. The van der Waals surface area contributed by atoms with Gasteiger partial charge < -0.3 is 9.47 Å². The maximum atomic E-state index is 11.4. The lowest BCUT2D eigenvalue weighted by Gasteiger charge is -2.22. The van der Waals surface area contributed by atoms with E-state index in [0.717, 1.165) is 6.26 Å². The molecule has 1 atom stereocenters. The van der Waals surface area contributed by atoms with Gasteiger partial charge in [0, 0.05) is 0 Å². The first-order valence-electron chi connectivity index (χ1n) is 5.20. The largest absolute Gasteiger partial charge is 0.458 e. The Hall–Kier alpha value is -0.660. The topological polar surface area (TPSA) is 78.9 Å². The van der Waals surface area contributed by atoms with Crippen LogP contribution in [0, 0.1) is 0 Å². The van der Waals surface area contributed by atoms with E-state index in [-0.39, 0.29) is 13.2 Å². The van der Waals surface area contributed by atoms with Crippen LogP contribution in [0.3, 0.4) is 0 Å². The van der Waals surface area contributed by atoms with Crippen LogP contribution in [0.5, 0.6) is 0 Å². The van der Waals surface area contributed by atoms with E-state index in [1.54, 1.807) is 20.8 Å². The molecule has 0 N–H and O–H groups in total. The highest BCUT2D eigenvalue weighted by molar-refractivity contribution is 7.85. The van der Waals surface area contributed by atoms with Crippen LogP contribution in [0.1, 0.15) is 27.7 Å². The lowest BCUT2D eigenvalue weighted by molar-refractivity contribution is -0.167. The fraction of sp³-hybridized carbons (Fsp3) is 0.900. The molecule has 0 aliphatic carbocycles. The molecule has 1 unspecified atom stereocenters. The van der Waals surface area contributed by atoms with Crippen LogP contribution in [0.15, 0.2) is 0 Å². The van der Waals surface area contributed by atoms with Crippen molar-refractivity contribution in [2.75, 3.05) is 19.5 Å². The third-order valence-electron chi connectivity index (χ3n) is 1.49. The van der Waals surface area contributed by atoms with E-state index in [9.17, 15) is 13.2 Å². The Morgan fingerprint density at radius 1 is 1.24 bits per heavy atom. The highest BCUT2D eigenvalue weighted by atomic mass is 32.2. The van der Waals surface area contributed by atoms with Crippen LogP contribution < -0.4 is 0 Å². The second-order valence-corrected chi connectivity index (χ2v) is 6.22. The molecule has 0 fully saturated rings. The Balaban J connectivity index is 3.87. The van der Waals surface area contributed by atoms with Crippen molar-refractivity contribution in [2.24, 2.45) is 0 Å². The first kappa shape index (κ1) is 16.3. The van der Waals surface area contributed by atoms with Gasteiger partial charge in [-0.3, -0.25) is 4.18 Å². The summed E-state index contributed by atoms with van der Waals surface area (Å²) in [6.07, 6.45) is 0.196. The van der Waals surface area contributed by atoms with E-state index in [2.05, 4.69) is 4.18 Å². The molecule has 0 aromatic rings. The normalized spacial score (nSPS) is 14.4. The number of esters is 1. The van der Waals surface area contributed by atoms with Crippen LogP contribution in [-0.2, 0) is 28.6 Å². The van der Waals surface area contributed by atoms with Crippen molar-refractivity contribution in [3.63, 3.8) is 0 Å². The fourth-order valence-electron chi connectivity index (χ4n) is 0.863. The molecule has 7 heteroatoms. The summed E-state index contributed by atoms with van der Waals surface area (Å²) in [5.74, 6) is -0.489. The minimum absolute atomic E-state index is 0.00742. The van der Waals surface area contributed by atoms with Crippen LogP contribution in [0.25, 0.3) is 0 Å². The molecule has 0 bridgehead atoms. The zero-order valence-electron chi connectivity index (χ0n) is 10.8. The quantitative estimate of drug-likeness (QED) is 0.401. The van der Waals surface area contributed by atoms with Gasteiger partial charge in [0.05, 0.1) is 19.5 Å². The van der Waals surface area contributed by atoms with Gasteiger partial charge in [-0.2, -0.15) is 8.42 Å². The number of hydrogen-bond acceptors (Lipinski definition) is 6. The summed E-state index contributed by atoms with van der Waals surface area (Å²) in [4.78, 5) is 11.4. The first-order chi connectivity index (χ1) is 7.51. The third kappa shape index (κ3) is 10.2. The number of carbonyl (C=O) groups excluding carboxylic acids is 1. The molecule has 0 saturated heterocycles. The van der Waals surface area contributed by atoms with E-state index in [1.807, 2.05) is 0 Å². The molecule has 6 nitrogen and oxygen atoms in total. The lowest BCUT2D eigenvalue weighted by Crippen LogP contribution is -2.32. The molecule has 0 amide bonds. The number of rotatable bonds is 6. The zero-order valence-corrected chi connectivity index (χ0v) is 11.7.